The van der Waals surface area contributed by atoms with E-state index in [9.17, 15) is 15.0 Å². The van der Waals surface area contributed by atoms with Gasteiger partial charge in [-0.25, -0.2) is 0 Å². The molecule has 1 aromatic rings. The second-order valence-electron chi connectivity index (χ2n) is 6.40. The lowest BCUT2D eigenvalue weighted by molar-refractivity contribution is -0.155. The summed E-state index contributed by atoms with van der Waals surface area (Å²) in [5, 5.41) is 23.1. The van der Waals surface area contributed by atoms with Gasteiger partial charge in [-0.15, -0.1) is 0 Å². The molecule has 0 amide bonds. The maximum Gasteiger partial charge on any atom is 0.310 e. The number of nitrogens with one attached hydrogen (secondary N) is 1. The van der Waals surface area contributed by atoms with E-state index in [-0.39, 0.29) is 5.92 Å². The number of hydrogen-bond acceptors (Lipinski definition) is 4. The van der Waals surface area contributed by atoms with Crippen LogP contribution >= 0.6 is 0 Å². The molecular formula is C18H30N2O3. The van der Waals surface area contributed by atoms with Gasteiger partial charge in [-0.2, -0.15) is 0 Å². The van der Waals surface area contributed by atoms with Crippen LogP contribution in [-0.2, 0) is 10.4 Å². The van der Waals surface area contributed by atoms with Gasteiger partial charge in [-0.3, -0.25) is 9.78 Å². The smallest absolute Gasteiger partial charge is 0.310 e. The fourth-order valence-corrected chi connectivity index (χ4v) is 2.92. The number of piperidine rings is 1. The van der Waals surface area contributed by atoms with E-state index in [2.05, 4.69) is 10.3 Å². The van der Waals surface area contributed by atoms with E-state index in [1.54, 1.807) is 18.3 Å². The average molecular weight is 322 g/mol. The number of aliphatic carboxylic acids is 1. The molecular weight excluding hydrogens is 292 g/mol. The van der Waals surface area contributed by atoms with Crippen molar-refractivity contribution in [2.75, 3.05) is 13.1 Å². The Morgan fingerprint density at radius 3 is 2.39 bits per heavy atom. The molecule has 23 heavy (non-hydrogen) atoms. The van der Waals surface area contributed by atoms with Crippen molar-refractivity contribution in [3.8, 4) is 0 Å². The van der Waals surface area contributed by atoms with Gasteiger partial charge in [0.05, 0.1) is 5.92 Å². The van der Waals surface area contributed by atoms with Crippen molar-refractivity contribution in [1.82, 2.24) is 10.3 Å². The standard InChI is InChI=1S/C13H19NO3.C5H11N/c1-4-9(2)11(12(15)16)13(3,17)10-6-5-7-14-8-10;1-2-4-6-5-3-1/h5-9,11,17H,4H2,1-3H3,(H,15,16);6H,1-5H2. The number of nitrogens with zero attached hydrogens (tertiary/aromatic N) is 1. The van der Waals surface area contributed by atoms with Crippen LogP contribution in [0.1, 0.15) is 52.0 Å². The van der Waals surface area contributed by atoms with Gasteiger partial charge < -0.3 is 15.5 Å². The Hall–Kier alpha value is -1.46. The minimum Gasteiger partial charge on any atom is -0.481 e. The first kappa shape index (κ1) is 19.6. The van der Waals surface area contributed by atoms with E-state index in [1.165, 1.54) is 45.5 Å². The third-order valence-electron chi connectivity index (χ3n) is 4.54. The lowest BCUT2D eigenvalue weighted by Gasteiger charge is -2.33. The molecule has 0 saturated carbocycles. The number of aliphatic hydroxyl groups is 1. The lowest BCUT2D eigenvalue weighted by atomic mass is 9.75. The summed E-state index contributed by atoms with van der Waals surface area (Å²) in [7, 11) is 0. The monoisotopic (exact) mass is 322 g/mol. The van der Waals surface area contributed by atoms with Gasteiger partial charge in [-0.1, -0.05) is 32.8 Å². The lowest BCUT2D eigenvalue weighted by Crippen LogP contribution is -2.41. The van der Waals surface area contributed by atoms with Gasteiger partial charge in [0.1, 0.15) is 5.60 Å². The SMILES string of the molecule is C1CCNCC1.CCC(C)C(C(=O)O)C(C)(O)c1cccnc1. The maximum atomic E-state index is 11.3. The third kappa shape index (κ3) is 5.92. The minimum atomic E-state index is -1.41. The predicted molar refractivity (Wildman–Crippen MR) is 91.1 cm³/mol. The molecule has 3 unspecified atom stereocenters. The van der Waals surface area contributed by atoms with E-state index < -0.39 is 17.5 Å². The second-order valence-corrected chi connectivity index (χ2v) is 6.40. The molecule has 1 aliphatic rings. The van der Waals surface area contributed by atoms with Gasteiger partial charge in [0.15, 0.2) is 0 Å². The van der Waals surface area contributed by atoms with E-state index in [1.807, 2.05) is 13.8 Å². The van der Waals surface area contributed by atoms with Crippen LogP contribution in [0.25, 0.3) is 0 Å². The fraction of sp³-hybridized carbons (Fsp3) is 0.667. The number of hydrogen-bond donors (Lipinski definition) is 3. The molecule has 0 bridgehead atoms. The predicted octanol–water partition coefficient (Wildman–Crippen LogP) is 2.80. The van der Waals surface area contributed by atoms with E-state index in [0.29, 0.717) is 12.0 Å². The second kappa shape index (κ2) is 9.63. The highest BCUT2D eigenvalue weighted by atomic mass is 16.4. The molecule has 1 aliphatic heterocycles. The van der Waals surface area contributed by atoms with E-state index >= 15 is 0 Å². The van der Waals surface area contributed by atoms with Crippen LogP contribution in [0, 0.1) is 11.8 Å². The molecule has 1 aromatic heterocycles. The fourth-order valence-electron chi connectivity index (χ4n) is 2.92. The van der Waals surface area contributed by atoms with Crippen molar-refractivity contribution >= 4 is 5.97 Å². The molecule has 1 saturated heterocycles. The number of carboxylic acid groups (broad SMARTS) is 1. The summed E-state index contributed by atoms with van der Waals surface area (Å²) < 4.78 is 0. The number of carboxylic acids is 1. The Morgan fingerprint density at radius 1 is 1.39 bits per heavy atom. The normalized spacial score (nSPS) is 19.7. The van der Waals surface area contributed by atoms with Gasteiger partial charge in [-0.05, 0) is 44.8 Å². The topological polar surface area (TPSA) is 82.5 Å². The maximum absolute atomic E-state index is 11.3. The highest BCUT2D eigenvalue weighted by Gasteiger charge is 2.42. The number of carbonyl (C=O) groups is 1. The first-order chi connectivity index (χ1) is 10.9. The Labute approximate surface area is 139 Å². The molecule has 3 N–H and O–H groups in total. The van der Waals surface area contributed by atoms with Gasteiger partial charge in [0.25, 0.3) is 0 Å². The number of aromatic nitrogens is 1. The molecule has 130 valence electrons. The molecule has 5 nitrogen and oxygen atoms in total. The van der Waals surface area contributed by atoms with Crippen LogP contribution in [0.3, 0.4) is 0 Å². The van der Waals surface area contributed by atoms with Crippen molar-refractivity contribution < 1.29 is 15.0 Å². The number of rotatable bonds is 5. The number of pyridine rings is 1. The van der Waals surface area contributed by atoms with Crippen molar-refractivity contribution in [2.45, 2.75) is 52.1 Å². The highest BCUT2D eigenvalue weighted by molar-refractivity contribution is 5.72. The summed E-state index contributed by atoms with van der Waals surface area (Å²) in [6.45, 7) is 7.79. The molecule has 2 heterocycles. The van der Waals surface area contributed by atoms with Crippen molar-refractivity contribution in [1.29, 1.82) is 0 Å². The van der Waals surface area contributed by atoms with Crippen LogP contribution in [0.4, 0.5) is 0 Å². The van der Waals surface area contributed by atoms with Gasteiger partial charge >= 0.3 is 5.97 Å². The van der Waals surface area contributed by atoms with Crippen molar-refractivity contribution in [3.05, 3.63) is 30.1 Å². The van der Waals surface area contributed by atoms with E-state index in [0.717, 1.165) is 0 Å². The molecule has 5 heteroatoms. The zero-order valence-corrected chi connectivity index (χ0v) is 14.5. The molecule has 0 aromatic carbocycles. The Kier molecular flexibility index (Phi) is 8.20. The summed E-state index contributed by atoms with van der Waals surface area (Å²) in [6.07, 6.45) is 8.03. The van der Waals surface area contributed by atoms with Crippen molar-refractivity contribution in [2.24, 2.45) is 11.8 Å². The quantitative estimate of drug-likeness (QED) is 0.776. The Bertz CT molecular complexity index is 447. The average Bonchev–Trinajstić information content (AvgIpc) is 2.57. The molecule has 0 spiro atoms. The van der Waals surface area contributed by atoms with E-state index in [4.69, 9.17) is 0 Å². The Balaban J connectivity index is 0.000000366. The van der Waals surface area contributed by atoms with Crippen LogP contribution < -0.4 is 5.32 Å². The van der Waals surface area contributed by atoms with Crippen LogP contribution in [-0.4, -0.2) is 34.3 Å². The highest BCUT2D eigenvalue weighted by Crippen LogP contribution is 2.35. The summed E-state index contributed by atoms with van der Waals surface area (Å²) >= 11 is 0. The minimum absolute atomic E-state index is 0.109. The largest absolute Gasteiger partial charge is 0.481 e. The summed E-state index contributed by atoms with van der Waals surface area (Å²) in [5.41, 5.74) is -0.872. The molecule has 0 radical (unpaired) electrons. The van der Waals surface area contributed by atoms with Crippen LogP contribution in [0.2, 0.25) is 0 Å². The first-order valence-electron chi connectivity index (χ1n) is 8.47. The van der Waals surface area contributed by atoms with Crippen LogP contribution in [0.15, 0.2) is 24.5 Å². The molecule has 1 fully saturated rings. The van der Waals surface area contributed by atoms with Gasteiger partial charge in [0, 0.05) is 18.0 Å². The van der Waals surface area contributed by atoms with Crippen molar-refractivity contribution in [3.63, 3.8) is 0 Å². The molecule has 2 rings (SSSR count). The zero-order chi connectivity index (χ0) is 17.3. The van der Waals surface area contributed by atoms with Crippen LogP contribution in [0.5, 0.6) is 0 Å². The van der Waals surface area contributed by atoms with Gasteiger partial charge in [0.2, 0.25) is 0 Å². The first-order valence-corrected chi connectivity index (χ1v) is 8.47. The summed E-state index contributed by atoms with van der Waals surface area (Å²) in [6, 6.07) is 3.39. The molecule has 0 aliphatic carbocycles. The third-order valence-corrected chi connectivity index (χ3v) is 4.54. The summed E-state index contributed by atoms with van der Waals surface area (Å²) in [5.74, 6) is -1.92. The Morgan fingerprint density at radius 2 is 2.04 bits per heavy atom. The molecule has 3 atom stereocenters. The summed E-state index contributed by atoms with van der Waals surface area (Å²) in [4.78, 5) is 15.3. The zero-order valence-electron chi connectivity index (χ0n) is 14.5.